The number of aromatic nitrogens is 2. The summed E-state index contributed by atoms with van der Waals surface area (Å²) in [5.41, 5.74) is -0.291. The Kier molecular flexibility index (Phi) is 6.56. The first-order valence-corrected chi connectivity index (χ1v) is 11.4. The van der Waals surface area contributed by atoms with Gasteiger partial charge in [-0.2, -0.15) is 4.98 Å². The molecule has 2 saturated heterocycles. The van der Waals surface area contributed by atoms with Gasteiger partial charge in [0.25, 0.3) is 5.89 Å². The van der Waals surface area contributed by atoms with Gasteiger partial charge in [0.15, 0.2) is 0 Å². The molecule has 2 aliphatic heterocycles. The first-order valence-electron chi connectivity index (χ1n) is 10.6. The number of piperidine rings is 1. The maximum absolute atomic E-state index is 14.2. The average Bonchev–Trinajstić information content (AvgIpc) is 3.16. The maximum atomic E-state index is 14.2. The van der Waals surface area contributed by atoms with Gasteiger partial charge in [0.1, 0.15) is 17.5 Å². The number of likely N-dealkylation sites (tertiary alicyclic amines) is 1. The molecule has 0 radical (unpaired) electrons. The molecule has 4 rings (SSSR count). The summed E-state index contributed by atoms with van der Waals surface area (Å²) < 4.78 is 37.8. The van der Waals surface area contributed by atoms with Crippen molar-refractivity contribution in [3.05, 3.63) is 34.4 Å². The van der Waals surface area contributed by atoms with E-state index < -0.39 is 17.5 Å². The van der Waals surface area contributed by atoms with Crippen molar-refractivity contribution in [1.29, 1.82) is 0 Å². The molecule has 1 amide bonds. The van der Waals surface area contributed by atoms with Crippen LogP contribution in [0.2, 0.25) is 0 Å². The van der Waals surface area contributed by atoms with Crippen molar-refractivity contribution in [2.24, 2.45) is 11.8 Å². The Balaban J connectivity index is 1.43. The molecule has 32 heavy (non-hydrogen) atoms. The van der Waals surface area contributed by atoms with E-state index >= 15 is 0 Å². The van der Waals surface area contributed by atoms with E-state index in [0.717, 1.165) is 0 Å². The van der Waals surface area contributed by atoms with Gasteiger partial charge in [-0.1, -0.05) is 21.1 Å². The third kappa shape index (κ3) is 5.13. The van der Waals surface area contributed by atoms with Gasteiger partial charge in [-0.15, -0.1) is 0 Å². The fraction of sp³-hybridized carbons (Fsp3) is 0.591. The van der Waals surface area contributed by atoms with Gasteiger partial charge in [-0.05, 0) is 45.9 Å². The maximum Gasteiger partial charge on any atom is 0.410 e. The van der Waals surface area contributed by atoms with E-state index in [1.54, 1.807) is 17.0 Å². The number of amides is 1. The van der Waals surface area contributed by atoms with Crippen LogP contribution in [0.15, 0.2) is 27.2 Å². The van der Waals surface area contributed by atoms with E-state index in [2.05, 4.69) is 26.1 Å². The molecule has 0 spiro atoms. The third-order valence-corrected chi connectivity index (χ3v) is 5.97. The number of hydrogen-bond acceptors (Lipinski definition) is 7. The smallest absolute Gasteiger partial charge is 0.410 e. The number of carbonyl (C=O) groups excluding carboxylic acids is 1. The van der Waals surface area contributed by atoms with Crippen LogP contribution in [0.25, 0.3) is 11.4 Å². The van der Waals surface area contributed by atoms with E-state index in [9.17, 15) is 9.18 Å². The molecule has 1 aromatic carbocycles. The average molecular weight is 512 g/mol. The van der Waals surface area contributed by atoms with Crippen LogP contribution in [0, 0.1) is 17.7 Å². The zero-order chi connectivity index (χ0) is 23.0. The normalized spacial score (nSPS) is 24.3. The van der Waals surface area contributed by atoms with E-state index in [4.69, 9.17) is 18.7 Å². The Morgan fingerprint density at radius 3 is 2.59 bits per heavy atom. The van der Waals surface area contributed by atoms with Gasteiger partial charge >= 0.3 is 6.09 Å². The largest absolute Gasteiger partial charge is 0.444 e. The number of fused-ring (bicyclic) bond motifs is 2. The molecule has 2 bridgehead atoms. The van der Waals surface area contributed by atoms with E-state index in [-0.39, 0.29) is 41.3 Å². The predicted molar refractivity (Wildman–Crippen MR) is 116 cm³/mol. The lowest BCUT2D eigenvalue weighted by molar-refractivity contribution is -0.168. The fourth-order valence-corrected chi connectivity index (χ4v) is 4.40. The fourth-order valence-electron chi connectivity index (χ4n) is 4.07. The van der Waals surface area contributed by atoms with Gasteiger partial charge in [0.05, 0.1) is 24.9 Å². The summed E-state index contributed by atoms with van der Waals surface area (Å²) in [4.78, 5) is 18.6. The summed E-state index contributed by atoms with van der Waals surface area (Å²) in [6.07, 6.45) is -0.938. The van der Waals surface area contributed by atoms with Crippen LogP contribution in [0.1, 0.15) is 39.7 Å². The van der Waals surface area contributed by atoms with Gasteiger partial charge < -0.3 is 23.6 Å². The highest BCUT2D eigenvalue weighted by atomic mass is 79.9. The molecule has 174 valence electrons. The van der Waals surface area contributed by atoms with Crippen molar-refractivity contribution in [3.63, 3.8) is 0 Å². The minimum Gasteiger partial charge on any atom is -0.444 e. The van der Waals surface area contributed by atoms with Crippen LogP contribution in [0.4, 0.5) is 9.18 Å². The number of nitrogens with zero attached hydrogens (tertiary/aromatic N) is 3. The first kappa shape index (κ1) is 23.1. The highest BCUT2D eigenvalue weighted by molar-refractivity contribution is 9.10. The molecule has 2 unspecified atom stereocenters. The Morgan fingerprint density at radius 1 is 1.28 bits per heavy atom. The Labute approximate surface area is 194 Å². The molecule has 0 aliphatic carbocycles. The van der Waals surface area contributed by atoms with E-state index in [1.807, 2.05) is 27.7 Å². The van der Waals surface area contributed by atoms with E-state index in [0.29, 0.717) is 30.8 Å². The van der Waals surface area contributed by atoms with Crippen molar-refractivity contribution in [2.45, 2.75) is 45.5 Å². The second-order valence-electron chi connectivity index (χ2n) is 9.27. The number of halogens is 2. The number of ether oxygens (including phenoxy) is 3. The Bertz CT molecular complexity index is 965. The van der Waals surface area contributed by atoms with Crippen molar-refractivity contribution in [1.82, 2.24) is 15.0 Å². The molecule has 10 heteroatoms. The first-order chi connectivity index (χ1) is 15.1. The second-order valence-corrected chi connectivity index (χ2v) is 10.2. The van der Waals surface area contributed by atoms with Gasteiger partial charge in [-0.3, -0.25) is 0 Å². The molecule has 1 aromatic heterocycles. The van der Waals surface area contributed by atoms with Crippen molar-refractivity contribution in [3.8, 4) is 11.4 Å². The minimum atomic E-state index is -0.547. The van der Waals surface area contributed by atoms with Crippen molar-refractivity contribution >= 4 is 22.0 Å². The lowest BCUT2D eigenvalue weighted by Crippen LogP contribution is -2.58. The number of hydrogen-bond donors (Lipinski definition) is 0. The lowest BCUT2D eigenvalue weighted by atomic mass is 9.84. The highest BCUT2D eigenvalue weighted by Crippen LogP contribution is 2.34. The standard InChI is InChI=1S/C22H27BrFN3O5/c1-12(20-25-19(26-32-20)16-6-5-15(23)7-17(16)24)30-18-13-8-27(9-14(18)11-29-10-13)21(28)31-22(2,3)4/h5-7,12-14,18H,8-11H2,1-4H3/t12-,13?,14?,18?/m1/s1. The summed E-state index contributed by atoms with van der Waals surface area (Å²) in [6, 6.07) is 4.66. The predicted octanol–water partition coefficient (Wildman–Crippen LogP) is 4.60. The zero-order valence-corrected chi connectivity index (χ0v) is 20.1. The van der Waals surface area contributed by atoms with E-state index in [1.165, 1.54) is 6.07 Å². The summed E-state index contributed by atoms with van der Waals surface area (Å²) in [5.74, 6) is 0.00801. The monoisotopic (exact) mass is 511 g/mol. The Morgan fingerprint density at radius 2 is 1.97 bits per heavy atom. The molecule has 2 aliphatic rings. The third-order valence-electron chi connectivity index (χ3n) is 5.48. The molecule has 8 nitrogen and oxygen atoms in total. The molecule has 2 aromatic rings. The quantitative estimate of drug-likeness (QED) is 0.592. The number of benzene rings is 1. The highest BCUT2D eigenvalue weighted by Gasteiger charge is 2.44. The summed E-state index contributed by atoms with van der Waals surface area (Å²) >= 11 is 3.24. The van der Waals surface area contributed by atoms with Crippen LogP contribution >= 0.6 is 15.9 Å². The van der Waals surface area contributed by atoms with Gasteiger partial charge in [-0.25, -0.2) is 9.18 Å². The van der Waals surface area contributed by atoms with Crippen LogP contribution in [-0.2, 0) is 14.2 Å². The van der Waals surface area contributed by atoms with Gasteiger partial charge in [0, 0.05) is 29.4 Å². The molecule has 0 saturated carbocycles. The molecule has 0 N–H and O–H groups in total. The summed E-state index contributed by atoms with van der Waals surface area (Å²) in [5, 5.41) is 3.92. The summed E-state index contributed by atoms with van der Waals surface area (Å²) in [6.45, 7) is 9.34. The molecule has 3 atom stereocenters. The summed E-state index contributed by atoms with van der Waals surface area (Å²) in [7, 11) is 0. The lowest BCUT2D eigenvalue weighted by Gasteiger charge is -2.47. The number of rotatable bonds is 4. The topological polar surface area (TPSA) is 86.9 Å². The molecular weight excluding hydrogens is 485 g/mol. The SMILES string of the molecule is C[C@@H](OC1C2COCC1CN(C(=O)OC(C)(C)C)C2)c1nc(-c2ccc(Br)cc2F)no1. The van der Waals surface area contributed by atoms with Crippen LogP contribution in [0.5, 0.6) is 0 Å². The van der Waals surface area contributed by atoms with Crippen molar-refractivity contribution in [2.75, 3.05) is 26.3 Å². The van der Waals surface area contributed by atoms with Crippen LogP contribution in [-0.4, -0.2) is 59.1 Å². The Hall–Kier alpha value is -2.04. The molecular formula is C22H27BrFN3O5. The molecule has 3 heterocycles. The van der Waals surface area contributed by atoms with Crippen LogP contribution < -0.4 is 0 Å². The minimum absolute atomic E-state index is 0.00350. The second kappa shape index (κ2) is 9.07. The zero-order valence-electron chi connectivity index (χ0n) is 18.5. The molecule has 2 fully saturated rings. The van der Waals surface area contributed by atoms with Crippen molar-refractivity contribution < 1.29 is 27.9 Å². The van der Waals surface area contributed by atoms with Gasteiger partial charge in [0.2, 0.25) is 5.82 Å². The number of carbonyl (C=O) groups is 1. The van der Waals surface area contributed by atoms with Crippen LogP contribution in [0.3, 0.4) is 0 Å².